The number of esters is 1. The van der Waals surface area contributed by atoms with Crippen molar-refractivity contribution in [3.63, 3.8) is 0 Å². The number of amides is 1. The summed E-state index contributed by atoms with van der Waals surface area (Å²) < 4.78 is 17.5. The van der Waals surface area contributed by atoms with Crippen LogP contribution in [0.3, 0.4) is 0 Å². The van der Waals surface area contributed by atoms with E-state index in [1.807, 2.05) is 66.8 Å². The number of aliphatic hydroxyl groups excluding tert-OH is 5. The third-order valence-electron chi connectivity index (χ3n) is 12.4. The fraction of sp³-hybridized carbons (Fsp3) is 0.695. The van der Waals surface area contributed by atoms with Crippen LogP contribution in [0.1, 0.15) is 201 Å². The Balaban J connectivity index is 2.80. The van der Waals surface area contributed by atoms with Crippen molar-refractivity contribution >= 4 is 11.9 Å². The molecule has 11 nitrogen and oxygen atoms in total. The van der Waals surface area contributed by atoms with Gasteiger partial charge in [0, 0.05) is 6.42 Å². The zero-order chi connectivity index (χ0) is 51.1. The molecule has 1 amide bonds. The molecule has 70 heavy (non-hydrogen) atoms. The Morgan fingerprint density at radius 1 is 0.571 bits per heavy atom. The third kappa shape index (κ3) is 34.8. The van der Waals surface area contributed by atoms with E-state index in [0.29, 0.717) is 12.8 Å². The molecule has 1 rings (SSSR count). The molecule has 1 aliphatic rings. The number of hydrogen-bond acceptors (Lipinski definition) is 10. The average Bonchev–Trinajstić information content (AvgIpc) is 3.36. The summed E-state index contributed by atoms with van der Waals surface area (Å²) in [6.07, 6.45) is 50.2. The fourth-order valence-electron chi connectivity index (χ4n) is 7.97. The van der Waals surface area contributed by atoms with E-state index in [-0.39, 0.29) is 19.4 Å². The second kappa shape index (κ2) is 46.6. The zero-order valence-corrected chi connectivity index (χ0v) is 43.8. The molecular weight excluding hydrogens is 883 g/mol. The molecule has 0 aliphatic carbocycles. The molecule has 8 unspecified atom stereocenters. The number of carbonyl (C=O) groups is 2. The van der Waals surface area contributed by atoms with Crippen LogP contribution < -0.4 is 5.32 Å². The van der Waals surface area contributed by atoms with Crippen molar-refractivity contribution in [3.05, 3.63) is 97.2 Å². The lowest BCUT2D eigenvalue weighted by Gasteiger charge is -2.41. The van der Waals surface area contributed by atoms with Gasteiger partial charge in [0.15, 0.2) is 12.4 Å². The van der Waals surface area contributed by atoms with E-state index in [2.05, 4.69) is 50.4 Å². The maximum Gasteiger partial charge on any atom is 0.306 e. The van der Waals surface area contributed by atoms with Crippen molar-refractivity contribution in [2.45, 2.75) is 250 Å². The first kappa shape index (κ1) is 64.6. The SMILES string of the molecule is CC\C=C/C=C/C=C/C=C\C=C\C=C\CCCCCC(=O)OC1C(OCC(NC(=O)C(O)CCCC/C=C\CCCCCCCCC)C(O)/C=C/CCCCCCCCCCC)OC(CO)C(O)C1O. The summed E-state index contributed by atoms with van der Waals surface area (Å²) in [5, 5.41) is 56.6. The normalized spacial score (nSPS) is 20.5. The topological polar surface area (TPSA) is 175 Å². The number of nitrogens with one attached hydrogen (secondary N) is 1. The molecule has 0 aromatic rings. The first-order valence-electron chi connectivity index (χ1n) is 27.6. The Labute approximate surface area is 425 Å². The van der Waals surface area contributed by atoms with Gasteiger partial charge in [-0.05, 0) is 70.6 Å². The summed E-state index contributed by atoms with van der Waals surface area (Å²) in [4.78, 5) is 26.4. The van der Waals surface area contributed by atoms with Gasteiger partial charge in [-0.3, -0.25) is 9.59 Å². The lowest BCUT2D eigenvalue weighted by atomic mass is 9.99. The summed E-state index contributed by atoms with van der Waals surface area (Å²) >= 11 is 0. The van der Waals surface area contributed by atoms with Crippen molar-refractivity contribution in [2.75, 3.05) is 13.2 Å². The molecule has 8 atom stereocenters. The van der Waals surface area contributed by atoms with Gasteiger partial charge < -0.3 is 45.1 Å². The van der Waals surface area contributed by atoms with Crippen molar-refractivity contribution in [3.8, 4) is 0 Å². The predicted octanol–water partition coefficient (Wildman–Crippen LogP) is 12.0. The van der Waals surface area contributed by atoms with Crippen LogP contribution in [0.15, 0.2) is 97.2 Å². The highest BCUT2D eigenvalue weighted by molar-refractivity contribution is 5.80. The minimum Gasteiger partial charge on any atom is -0.454 e. The summed E-state index contributed by atoms with van der Waals surface area (Å²) in [5.41, 5.74) is 0. The van der Waals surface area contributed by atoms with Gasteiger partial charge in [0.1, 0.15) is 24.4 Å². The van der Waals surface area contributed by atoms with Crippen LogP contribution in [0.4, 0.5) is 0 Å². The van der Waals surface area contributed by atoms with E-state index in [0.717, 1.165) is 70.6 Å². The van der Waals surface area contributed by atoms with Gasteiger partial charge in [-0.25, -0.2) is 0 Å². The third-order valence-corrected chi connectivity index (χ3v) is 12.4. The monoisotopic (exact) mass is 982 g/mol. The number of ether oxygens (including phenoxy) is 3. The maximum atomic E-state index is 13.3. The minimum absolute atomic E-state index is 0.0655. The van der Waals surface area contributed by atoms with E-state index >= 15 is 0 Å². The van der Waals surface area contributed by atoms with E-state index in [1.165, 1.54) is 83.5 Å². The van der Waals surface area contributed by atoms with Gasteiger partial charge in [-0.15, -0.1) is 0 Å². The molecule has 11 heteroatoms. The van der Waals surface area contributed by atoms with Crippen LogP contribution in [0, 0.1) is 0 Å². The van der Waals surface area contributed by atoms with E-state index in [4.69, 9.17) is 14.2 Å². The van der Waals surface area contributed by atoms with Crippen molar-refractivity contribution in [1.29, 1.82) is 0 Å². The molecule has 1 fully saturated rings. The van der Waals surface area contributed by atoms with Gasteiger partial charge in [0.25, 0.3) is 0 Å². The van der Waals surface area contributed by atoms with Crippen molar-refractivity contribution in [2.24, 2.45) is 0 Å². The summed E-state index contributed by atoms with van der Waals surface area (Å²) in [6.45, 7) is 5.56. The maximum absolute atomic E-state index is 13.3. The minimum atomic E-state index is -1.64. The second-order valence-electron chi connectivity index (χ2n) is 18.7. The van der Waals surface area contributed by atoms with Crippen LogP contribution in [0.25, 0.3) is 0 Å². The molecule has 0 aromatic heterocycles. The highest BCUT2D eigenvalue weighted by Gasteiger charge is 2.47. The van der Waals surface area contributed by atoms with Gasteiger partial charge >= 0.3 is 5.97 Å². The Hall–Kier alpha value is -3.42. The van der Waals surface area contributed by atoms with Gasteiger partial charge in [0.2, 0.25) is 5.91 Å². The number of carbonyl (C=O) groups excluding carboxylic acids is 2. The van der Waals surface area contributed by atoms with E-state index in [1.54, 1.807) is 6.08 Å². The van der Waals surface area contributed by atoms with Crippen molar-refractivity contribution < 1.29 is 49.3 Å². The Morgan fingerprint density at radius 3 is 1.59 bits per heavy atom. The highest BCUT2D eigenvalue weighted by Crippen LogP contribution is 2.26. The molecule has 1 saturated heterocycles. The van der Waals surface area contributed by atoms with Gasteiger partial charge in [0.05, 0.1) is 25.4 Å². The quantitative estimate of drug-likeness (QED) is 0.0149. The van der Waals surface area contributed by atoms with Gasteiger partial charge in [-0.1, -0.05) is 221 Å². The smallest absolute Gasteiger partial charge is 0.306 e. The fourth-order valence-corrected chi connectivity index (χ4v) is 7.97. The zero-order valence-electron chi connectivity index (χ0n) is 43.8. The molecule has 0 radical (unpaired) electrons. The summed E-state index contributed by atoms with van der Waals surface area (Å²) in [7, 11) is 0. The van der Waals surface area contributed by atoms with Crippen molar-refractivity contribution in [1.82, 2.24) is 5.32 Å². The molecule has 0 spiro atoms. The molecule has 0 bridgehead atoms. The summed E-state index contributed by atoms with van der Waals surface area (Å²) in [5.74, 6) is -1.27. The highest BCUT2D eigenvalue weighted by atomic mass is 16.7. The molecule has 0 aromatic carbocycles. The number of aliphatic hydroxyl groups is 5. The predicted molar refractivity (Wildman–Crippen MR) is 287 cm³/mol. The molecule has 1 aliphatic heterocycles. The number of hydrogen-bond donors (Lipinski definition) is 6. The Bertz CT molecular complexity index is 1500. The van der Waals surface area contributed by atoms with Crippen LogP contribution in [0.2, 0.25) is 0 Å². The largest absolute Gasteiger partial charge is 0.454 e. The lowest BCUT2D eigenvalue weighted by molar-refractivity contribution is -0.305. The van der Waals surface area contributed by atoms with Gasteiger partial charge in [-0.2, -0.15) is 0 Å². The second-order valence-corrected chi connectivity index (χ2v) is 18.7. The molecule has 0 saturated carbocycles. The molecular formula is C59H99NO10. The summed E-state index contributed by atoms with van der Waals surface area (Å²) in [6, 6.07) is -1.05. The van der Waals surface area contributed by atoms with E-state index < -0.39 is 67.4 Å². The van der Waals surface area contributed by atoms with E-state index in [9.17, 15) is 35.1 Å². The Morgan fingerprint density at radius 2 is 1.04 bits per heavy atom. The standard InChI is InChI=1S/C59H99NO10/c1-4-7-10-13-16-19-22-24-25-26-27-29-32-35-38-41-44-47-54(64)70-57-56(66)55(65)53(48-61)69-59(57)68-49-50(51(62)45-42-39-36-33-30-21-18-15-12-9-6-3)60-58(67)52(63)46-43-40-37-34-31-28-23-20-17-14-11-8-5-2/h7,10,13,16,19,22,24-27,29,31-32,34,42,45,50-53,55-57,59,61-63,65-66H,4-6,8-9,11-12,14-15,17-18,20-21,23,28,30,33,35-41,43-44,46-49H2,1-3H3,(H,60,67)/b10-7-,16-13+,22-19+,25-24-,27-26+,32-29+,34-31-,45-42+. The van der Waals surface area contributed by atoms with Crippen LogP contribution in [-0.2, 0) is 23.8 Å². The lowest BCUT2D eigenvalue weighted by Crippen LogP contribution is -2.61. The first-order chi connectivity index (χ1) is 34.2. The Kier molecular flexibility index (Phi) is 43.0. The average molecular weight is 982 g/mol. The number of allylic oxidation sites excluding steroid dienone is 15. The molecule has 1 heterocycles. The van der Waals surface area contributed by atoms with Crippen LogP contribution >= 0.6 is 0 Å². The molecule has 400 valence electrons. The molecule has 6 N–H and O–H groups in total. The first-order valence-corrected chi connectivity index (χ1v) is 27.6. The van der Waals surface area contributed by atoms with Crippen LogP contribution in [-0.4, -0.2) is 99.6 Å². The number of rotatable bonds is 44. The van der Waals surface area contributed by atoms with Crippen LogP contribution in [0.5, 0.6) is 0 Å². The number of unbranched alkanes of at least 4 members (excludes halogenated alkanes) is 21.